The monoisotopic (exact) mass is 181 g/mol. The molecule has 1 fully saturated rings. The first-order valence-electron chi connectivity index (χ1n) is 4.84. The highest BCUT2D eigenvalue weighted by atomic mass is 16.1. The Morgan fingerprint density at radius 2 is 2.15 bits per heavy atom. The predicted octanol–water partition coefficient (Wildman–Crippen LogP) is 0.0338. The van der Waals surface area contributed by atoms with Crippen molar-refractivity contribution in [2.75, 3.05) is 13.1 Å². The maximum Gasteiger partial charge on any atom is 0.231 e. The van der Waals surface area contributed by atoms with E-state index in [4.69, 9.17) is 5.73 Å². The van der Waals surface area contributed by atoms with E-state index in [-0.39, 0.29) is 5.91 Å². The van der Waals surface area contributed by atoms with Gasteiger partial charge in [-0.1, -0.05) is 12.8 Å². The first kappa shape index (κ1) is 8.53. The molecule has 0 unspecified atom stereocenters. The summed E-state index contributed by atoms with van der Waals surface area (Å²) in [5.74, 6) is 0.635. The second-order valence-corrected chi connectivity index (χ2v) is 3.81. The molecule has 0 aromatic carbocycles. The molecule has 0 aromatic heterocycles. The molecule has 1 aliphatic heterocycles. The third-order valence-electron chi connectivity index (χ3n) is 3.06. The van der Waals surface area contributed by atoms with Gasteiger partial charge in [0.15, 0.2) is 0 Å². The van der Waals surface area contributed by atoms with Gasteiger partial charge in [-0.2, -0.15) is 0 Å². The van der Waals surface area contributed by atoms with E-state index >= 15 is 0 Å². The minimum atomic E-state index is -0.448. The first-order valence-corrected chi connectivity index (χ1v) is 4.84. The van der Waals surface area contributed by atoms with Gasteiger partial charge in [0.2, 0.25) is 5.91 Å². The minimum Gasteiger partial charge on any atom is -0.371 e. The second-order valence-electron chi connectivity index (χ2n) is 3.81. The average molecular weight is 181 g/mol. The third kappa shape index (κ3) is 1.20. The number of rotatable bonds is 2. The van der Waals surface area contributed by atoms with Crippen LogP contribution in [0.15, 0.2) is 4.99 Å². The first-order chi connectivity index (χ1) is 6.26. The molecule has 0 bridgehead atoms. The van der Waals surface area contributed by atoms with Crippen LogP contribution in [0.5, 0.6) is 0 Å². The topological polar surface area (TPSA) is 67.5 Å². The van der Waals surface area contributed by atoms with Gasteiger partial charge in [-0.15, -0.1) is 0 Å². The Labute approximate surface area is 77.6 Å². The van der Waals surface area contributed by atoms with E-state index in [0.29, 0.717) is 0 Å². The molecule has 0 spiro atoms. The van der Waals surface area contributed by atoms with Crippen LogP contribution in [0.1, 0.15) is 25.7 Å². The largest absolute Gasteiger partial charge is 0.371 e. The number of nitrogens with one attached hydrogen (secondary N) is 1. The maximum atomic E-state index is 11.4. The predicted molar refractivity (Wildman–Crippen MR) is 50.4 cm³/mol. The number of hydrogen-bond acceptors (Lipinski definition) is 3. The summed E-state index contributed by atoms with van der Waals surface area (Å²) in [6, 6.07) is 0. The van der Waals surface area contributed by atoms with Gasteiger partial charge in [-0.3, -0.25) is 9.79 Å². The Morgan fingerprint density at radius 3 is 2.62 bits per heavy atom. The lowest BCUT2D eigenvalue weighted by Crippen LogP contribution is -2.46. The number of aliphatic imine (C=N–C) groups is 1. The van der Waals surface area contributed by atoms with Crippen LogP contribution in [-0.2, 0) is 4.79 Å². The zero-order chi connectivity index (χ0) is 9.31. The Bertz CT molecular complexity index is 254. The SMILES string of the molecule is NC(=O)C1(C2=NCCN2)CCCC1. The highest BCUT2D eigenvalue weighted by Crippen LogP contribution is 2.39. The van der Waals surface area contributed by atoms with Gasteiger partial charge in [0, 0.05) is 6.54 Å². The number of carbonyl (C=O) groups excluding carboxylic acids is 1. The van der Waals surface area contributed by atoms with Crippen LogP contribution in [0.4, 0.5) is 0 Å². The summed E-state index contributed by atoms with van der Waals surface area (Å²) in [5, 5.41) is 3.17. The van der Waals surface area contributed by atoms with Crippen molar-refractivity contribution in [2.45, 2.75) is 25.7 Å². The summed E-state index contributed by atoms with van der Waals surface area (Å²) in [7, 11) is 0. The third-order valence-corrected chi connectivity index (χ3v) is 3.06. The number of nitrogens with two attached hydrogens (primary N) is 1. The molecule has 13 heavy (non-hydrogen) atoms. The van der Waals surface area contributed by atoms with Crippen molar-refractivity contribution in [2.24, 2.45) is 16.1 Å². The van der Waals surface area contributed by atoms with Crippen LogP contribution in [0.3, 0.4) is 0 Å². The summed E-state index contributed by atoms with van der Waals surface area (Å²) in [5.41, 5.74) is 5.00. The van der Waals surface area contributed by atoms with Gasteiger partial charge in [-0.25, -0.2) is 0 Å². The quantitative estimate of drug-likeness (QED) is 0.631. The zero-order valence-corrected chi connectivity index (χ0v) is 7.68. The zero-order valence-electron chi connectivity index (χ0n) is 7.68. The van der Waals surface area contributed by atoms with Crippen molar-refractivity contribution >= 4 is 11.7 Å². The summed E-state index contributed by atoms with van der Waals surface area (Å²) >= 11 is 0. The summed E-state index contributed by atoms with van der Waals surface area (Å²) in [6.07, 6.45) is 3.91. The van der Waals surface area contributed by atoms with Gasteiger partial charge in [0.25, 0.3) is 0 Å². The molecule has 2 rings (SSSR count). The number of amidine groups is 1. The molecule has 4 nitrogen and oxygen atoms in total. The molecule has 0 saturated heterocycles. The molecule has 1 aliphatic carbocycles. The van der Waals surface area contributed by atoms with E-state index < -0.39 is 5.41 Å². The molecular weight excluding hydrogens is 166 g/mol. The average Bonchev–Trinajstić information content (AvgIpc) is 2.75. The summed E-state index contributed by atoms with van der Waals surface area (Å²) in [4.78, 5) is 15.7. The van der Waals surface area contributed by atoms with Crippen LogP contribution in [0.25, 0.3) is 0 Å². The van der Waals surface area contributed by atoms with Gasteiger partial charge in [-0.05, 0) is 12.8 Å². The summed E-state index contributed by atoms with van der Waals surface area (Å²) in [6.45, 7) is 1.63. The summed E-state index contributed by atoms with van der Waals surface area (Å²) < 4.78 is 0. The minimum absolute atomic E-state index is 0.210. The smallest absolute Gasteiger partial charge is 0.231 e. The number of primary amides is 1. The Kier molecular flexibility index (Phi) is 1.98. The molecular formula is C9H15N3O. The van der Waals surface area contributed by atoms with Crippen molar-refractivity contribution < 1.29 is 4.79 Å². The van der Waals surface area contributed by atoms with Gasteiger partial charge < -0.3 is 11.1 Å². The molecule has 1 heterocycles. The Balaban J connectivity index is 2.26. The van der Waals surface area contributed by atoms with Crippen molar-refractivity contribution in [3.63, 3.8) is 0 Å². The van der Waals surface area contributed by atoms with Crippen molar-refractivity contribution in [1.29, 1.82) is 0 Å². The second kappa shape index (κ2) is 3.01. The lowest BCUT2D eigenvalue weighted by molar-refractivity contribution is -0.124. The highest BCUT2D eigenvalue weighted by Gasteiger charge is 2.45. The van der Waals surface area contributed by atoms with Crippen LogP contribution in [0.2, 0.25) is 0 Å². The van der Waals surface area contributed by atoms with Crippen LogP contribution < -0.4 is 11.1 Å². The molecule has 0 atom stereocenters. The van der Waals surface area contributed by atoms with Gasteiger partial charge in [0.1, 0.15) is 11.3 Å². The van der Waals surface area contributed by atoms with E-state index in [1.807, 2.05) is 0 Å². The van der Waals surface area contributed by atoms with E-state index in [1.54, 1.807) is 0 Å². The molecule has 1 saturated carbocycles. The van der Waals surface area contributed by atoms with E-state index in [1.165, 1.54) is 0 Å². The van der Waals surface area contributed by atoms with Gasteiger partial charge in [0.05, 0.1) is 6.54 Å². The lowest BCUT2D eigenvalue weighted by atomic mass is 9.84. The van der Waals surface area contributed by atoms with Crippen molar-refractivity contribution in [3.05, 3.63) is 0 Å². The van der Waals surface area contributed by atoms with Crippen LogP contribution >= 0.6 is 0 Å². The molecule has 72 valence electrons. The van der Waals surface area contributed by atoms with E-state index in [2.05, 4.69) is 10.3 Å². The molecule has 0 radical (unpaired) electrons. The maximum absolute atomic E-state index is 11.4. The number of nitrogens with zero attached hydrogens (tertiary/aromatic N) is 1. The number of carbonyl (C=O) groups is 1. The van der Waals surface area contributed by atoms with Gasteiger partial charge >= 0.3 is 0 Å². The Morgan fingerprint density at radius 1 is 1.46 bits per heavy atom. The van der Waals surface area contributed by atoms with E-state index in [0.717, 1.165) is 44.6 Å². The van der Waals surface area contributed by atoms with E-state index in [9.17, 15) is 4.79 Å². The molecule has 2 aliphatic rings. The molecule has 4 heteroatoms. The fraction of sp³-hybridized carbons (Fsp3) is 0.778. The molecule has 0 aromatic rings. The Hall–Kier alpha value is -1.06. The van der Waals surface area contributed by atoms with Crippen LogP contribution in [-0.4, -0.2) is 24.8 Å². The fourth-order valence-corrected chi connectivity index (χ4v) is 2.30. The van der Waals surface area contributed by atoms with Crippen molar-refractivity contribution in [1.82, 2.24) is 5.32 Å². The lowest BCUT2D eigenvalue weighted by Gasteiger charge is -2.25. The normalized spacial score (nSPS) is 25.4. The van der Waals surface area contributed by atoms with Crippen molar-refractivity contribution in [3.8, 4) is 0 Å². The fourth-order valence-electron chi connectivity index (χ4n) is 2.30. The van der Waals surface area contributed by atoms with Crippen LogP contribution in [0, 0.1) is 5.41 Å². The molecule has 1 amide bonds. The standard InChI is InChI=1S/C9H15N3O/c10-7(13)9(3-1-2-4-9)8-11-5-6-12-8/h1-6H2,(H2,10,13)(H,11,12). The number of hydrogen-bond donors (Lipinski definition) is 2. The highest BCUT2D eigenvalue weighted by molar-refractivity contribution is 6.07. The molecule has 3 N–H and O–H groups in total. The number of amides is 1.